The van der Waals surface area contributed by atoms with Gasteiger partial charge in [-0.1, -0.05) is 0 Å². The lowest BCUT2D eigenvalue weighted by molar-refractivity contribution is -0.195. The Morgan fingerprint density at radius 1 is 1.53 bits per heavy atom. The van der Waals surface area contributed by atoms with Gasteiger partial charge >= 0.3 is 6.18 Å². The molecule has 0 fully saturated rings. The number of aromatic nitrogens is 2. The van der Waals surface area contributed by atoms with Crippen LogP contribution in [0.3, 0.4) is 0 Å². The van der Waals surface area contributed by atoms with Crippen molar-refractivity contribution in [2.24, 2.45) is 0 Å². The molecule has 4 nitrogen and oxygen atoms in total. The van der Waals surface area contributed by atoms with Gasteiger partial charge in [-0.15, -0.1) is 11.3 Å². The topological polar surface area (TPSA) is 54.6 Å². The summed E-state index contributed by atoms with van der Waals surface area (Å²) in [4.78, 5) is 16.3. The van der Waals surface area contributed by atoms with Crippen LogP contribution >= 0.6 is 23.1 Å². The summed E-state index contributed by atoms with van der Waals surface area (Å²) in [6.45, 7) is 0. The molecule has 0 unspecified atom stereocenters. The third-order valence-corrected chi connectivity index (χ3v) is 4.07. The number of hydrogen-bond donors (Lipinski definition) is 1. The fourth-order valence-electron chi connectivity index (χ4n) is 1.33. The number of alkyl halides is 3. The monoisotopic (exact) mass is 310 g/mol. The van der Waals surface area contributed by atoms with E-state index in [9.17, 15) is 18.0 Å². The molecule has 0 radical (unpaired) electrons. The predicted molar refractivity (Wildman–Crippen MR) is 67.6 cm³/mol. The number of halogens is 3. The SMILES string of the molecule is O=c1cc(CSC[C@H](O)C(F)(F)F)nc2sccn12. The fraction of sp³-hybridized carbons (Fsp3) is 0.400. The van der Waals surface area contributed by atoms with E-state index in [1.807, 2.05) is 0 Å². The first-order chi connectivity index (χ1) is 8.88. The number of rotatable bonds is 4. The Balaban J connectivity index is 2.00. The first-order valence-corrected chi connectivity index (χ1v) is 7.19. The fourth-order valence-corrected chi connectivity index (χ4v) is 2.96. The average Bonchev–Trinajstić information content (AvgIpc) is 2.76. The van der Waals surface area contributed by atoms with Gasteiger partial charge in [0.2, 0.25) is 0 Å². The maximum atomic E-state index is 12.1. The van der Waals surface area contributed by atoms with Gasteiger partial charge in [0.05, 0.1) is 5.69 Å². The summed E-state index contributed by atoms with van der Waals surface area (Å²) in [7, 11) is 0. The maximum Gasteiger partial charge on any atom is 0.415 e. The van der Waals surface area contributed by atoms with E-state index in [-0.39, 0.29) is 11.3 Å². The minimum Gasteiger partial charge on any atom is -0.383 e. The van der Waals surface area contributed by atoms with Crippen molar-refractivity contribution in [1.29, 1.82) is 0 Å². The van der Waals surface area contributed by atoms with Crippen molar-refractivity contribution in [3.05, 3.63) is 33.7 Å². The standard InChI is InChI=1S/C10H9F3N2O2S2/c11-10(12,13)7(16)5-18-4-6-3-8(17)15-1-2-19-9(15)14-6/h1-3,7,16H,4-5H2/t7-/m0/s1. The average molecular weight is 310 g/mol. The van der Waals surface area contributed by atoms with Gasteiger partial charge in [-0.05, 0) is 0 Å². The Morgan fingerprint density at radius 2 is 2.26 bits per heavy atom. The second kappa shape index (κ2) is 5.51. The van der Waals surface area contributed by atoms with Crippen molar-refractivity contribution in [2.45, 2.75) is 18.0 Å². The third kappa shape index (κ3) is 3.48. The van der Waals surface area contributed by atoms with E-state index in [4.69, 9.17) is 5.11 Å². The summed E-state index contributed by atoms with van der Waals surface area (Å²) in [5, 5.41) is 10.5. The second-order valence-electron chi connectivity index (χ2n) is 3.71. The molecule has 0 bridgehead atoms. The van der Waals surface area contributed by atoms with Crippen molar-refractivity contribution < 1.29 is 18.3 Å². The Hall–Kier alpha value is -1.06. The minimum atomic E-state index is -4.61. The van der Waals surface area contributed by atoms with Crippen molar-refractivity contribution in [3.8, 4) is 0 Å². The van der Waals surface area contributed by atoms with Gasteiger partial charge in [0.15, 0.2) is 11.1 Å². The van der Waals surface area contributed by atoms with Gasteiger partial charge in [-0.3, -0.25) is 9.20 Å². The van der Waals surface area contributed by atoms with E-state index in [2.05, 4.69) is 4.98 Å². The molecule has 104 valence electrons. The van der Waals surface area contributed by atoms with Crippen molar-refractivity contribution in [2.75, 3.05) is 5.75 Å². The molecule has 0 aliphatic carbocycles. The quantitative estimate of drug-likeness (QED) is 0.937. The highest BCUT2D eigenvalue weighted by molar-refractivity contribution is 7.98. The molecule has 0 aromatic carbocycles. The second-order valence-corrected chi connectivity index (χ2v) is 5.62. The van der Waals surface area contributed by atoms with Gasteiger partial charge in [-0.25, -0.2) is 4.98 Å². The smallest absolute Gasteiger partial charge is 0.383 e. The molecule has 0 saturated heterocycles. The molecule has 0 amide bonds. The lowest BCUT2D eigenvalue weighted by Crippen LogP contribution is -2.30. The number of fused-ring (bicyclic) bond motifs is 1. The highest BCUT2D eigenvalue weighted by Gasteiger charge is 2.37. The first-order valence-electron chi connectivity index (χ1n) is 5.16. The number of thioether (sulfide) groups is 1. The van der Waals surface area contributed by atoms with Crippen LogP contribution in [0.5, 0.6) is 0 Å². The molecule has 0 aliphatic rings. The largest absolute Gasteiger partial charge is 0.415 e. The summed E-state index contributed by atoms with van der Waals surface area (Å²) in [5.74, 6) is -0.328. The highest BCUT2D eigenvalue weighted by atomic mass is 32.2. The third-order valence-electron chi connectivity index (χ3n) is 2.26. The number of aliphatic hydroxyl groups excluding tert-OH is 1. The Morgan fingerprint density at radius 3 is 2.95 bits per heavy atom. The summed E-state index contributed by atoms with van der Waals surface area (Å²) < 4.78 is 37.6. The molecular weight excluding hydrogens is 301 g/mol. The van der Waals surface area contributed by atoms with Crippen molar-refractivity contribution in [3.63, 3.8) is 0 Å². The summed E-state index contributed by atoms with van der Waals surface area (Å²) in [6.07, 6.45) is -5.39. The van der Waals surface area contributed by atoms with E-state index in [0.717, 1.165) is 11.8 Å². The summed E-state index contributed by atoms with van der Waals surface area (Å²) in [6, 6.07) is 1.28. The Labute approximate surface area is 113 Å². The van der Waals surface area contributed by atoms with Crippen LogP contribution in [-0.4, -0.2) is 32.5 Å². The zero-order valence-electron chi connectivity index (χ0n) is 9.42. The zero-order chi connectivity index (χ0) is 14.0. The van der Waals surface area contributed by atoms with Crippen molar-refractivity contribution in [1.82, 2.24) is 9.38 Å². The molecule has 9 heteroatoms. The van der Waals surface area contributed by atoms with Crippen LogP contribution in [0.2, 0.25) is 0 Å². The van der Waals surface area contributed by atoms with Crippen molar-refractivity contribution >= 4 is 28.1 Å². The minimum absolute atomic E-state index is 0.150. The molecule has 19 heavy (non-hydrogen) atoms. The van der Waals surface area contributed by atoms with E-state index in [1.54, 1.807) is 11.6 Å². The van der Waals surface area contributed by atoms with Crippen LogP contribution in [0.25, 0.3) is 4.96 Å². The van der Waals surface area contributed by atoms with E-state index < -0.39 is 18.0 Å². The molecule has 2 aromatic rings. The maximum absolute atomic E-state index is 12.1. The van der Waals surface area contributed by atoms with Crippen LogP contribution in [0.1, 0.15) is 5.69 Å². The molecule has 2 heterocycles. The molecule has 0 aliphatic heterocycles. The molecule has 2 rings (SSSR count). The first kappa shape index (κ1) is 14.4. The van der Waals surface area contributed by atoms with Crippen LogP contribution in [0.4, 0.5) is 13.2 Å². The number of nitrogens with zero attached hydrogens (tertiary/aromatic N) is 2. The zero-order valence-corrected chi connectivity index (χ0v) is 11.1. The molecule has 2 aromatic heterocycles. The molecule has 1 atom stereocenters. The van der Waals surface area contributed by atoms with Crippen LogP contribution < -0.4 is 5.56 Å². The van der Waals surface area contributed by atoms with Crippen LogP contribution in [-0.2, 0) is 5.75 Å². The van der Waals surface area contributed by atoms with E-state index in [0.29, 0.717) is 10.7 Å². The van der Waals surface area contributed by atoms with Crippen LogP contribution in [0.15, 0.2) is 22.4 Å². The molecule has 0 saturated carbocycles. The van der Waals surface area contributed by atoms with Gasteiger partial charge in [0.1, 0.15) is 0 Å². The number of aliphatic hydroxyl groups is 1. The predicted octanol–water partition coefficient (Wildman–Crippen LogP) is 1.91. The van der Waals surface area contributed by atoms with Gasteiger partial charge < -0.3 is 5.11 Å². The molecule has 1 N–H and O–H groups in total. The normalized spacial score (nSPS) is 13.9. The van der Waals surface area contributed by atoms with Gasteiger partial charge in [-0.2, -0.15) is 24.9 Å². The molecular formula is C10H9F3N2O2S2. The number of hydrogen-bond acceptors (Lipinski definition) is 5. The van der Waals surface area contributed by atoms with E-state index >= 15 is 0 Å². The molecule has 0 spiro atoms. The summed E-state index contributed by atoms with van der Waals surface area (Å²) in [5.41, 5.74) is 0.144. The lowest BCUT2D eigenvalue weighted by Gasteiger charge is -2.13. The summed E-state index contributed by atoms with van der Waals surface area (Å²) >= 11 is 2.16. The van der Waals surface area contributed by atoms with Gasteiger partial charge in [0.25, 0.3) is 5.56 Å². The van der Waals surface area contributed by atoms with Gasteiger partial charge in [0, 0.05) is 29.1 Å². The highest BCUT2D eigenvalue weighted by Crippen LogP contribution is 2.24. The lowest BCUT2D eigenvalue weighted by atomic mass is 10.4. The Bertz CT molecular complexity index is 623. The van der Waals surface area contributed by atoms with E-state index in [1.165, 1.54) is 21.8 Å². The van der Waals surface area contributed by atoms with Crippen LogP contribution in [0, 0.1) is 0 Å². The number of thiazole rings is 1. The Kier molecular flexibility index (Phi) is 4.16.